The molecule has 13 heavy (non-hydrogen) atoms. The van der Waals surface area contributed by atoms with E-state index in [9.17, 15) is 5.11 Å². The van der Waals surface area contributed by atoms with Gasteiger partial charge in [-0.15, -0.1) is 6.58 Å². The molecule has 1 unspecified atom stereocenters. The second-order valence-electron chi connectivity index (χ2n) is 2.78. The number of benzene rings is 1. The molecule has 0 radical (unpaired) electrons. The summed E-state index contributed by atoms with van der Waals surface area (Å²) in [5.74, 6) is 0. The summed E-state index contributed by atoms with van der Waals surface area (Å²) in [5, 5.41) is 9.22. The number of ether oxygens (including phenoxy) is 1. The van der Waals surface area contributed by atoms with E-state index >= 15 is 0 Å². The van der Waals surface area contributed by atoms with Crippen molar-refractivity contribution in [2.75, 3.05) is 0 Å². The van der Waals surface area contributed by atoms with Gasteiger partial charge in [0.2, 0.25) is 0 Å². The van der Waals surface area contributed by atoms with E-state index in [0.29, 0.717) is 13.0 Å². The van der Waals surface area contributed by atoms with Crippen molar-refractivity contribution >= 4 is 0 Å². The molecule has 0 aliphatic carbocycles. The Morgan fingerprint density at radius 3 is 2.69 bits per heavy atom. The molecular weight excluding hydrogens is 164 g/mol. The summed E-state index contributed by atoms with van der Waals surface area (Å²) in [4.78, 5) is 0. The lowest BCUT2D eigenvalue weighted by Gasteiger charge is -2.09. The molecule has 1 aromatic rings. The maximum absolute atomic E-state index is 9.22. The molecule has 70 valence electrons. The van der Waals surface area contributed by atoms with E-state index in [1.165, 1.54) is 0 Å². The Labute approximate surface area is 78.5 Å². The van der Waals surface area contributed by atoms with Crippen molar-refractivity contribution in [2.24, 2.45) is 0 Å². The van der Waals surface area contributed by atoms with Crippen molar-refractivity contribution in [1.82, 2.24) is 0 Å². The summed E-state index contributed by atoms with van der Waals surface area (Å²) in [6.07, 6.45) is 1.36. The van der Waals surface area contributed by atoms with Gasteiger partial charge < -0.3 is 9.84 Å². The number of aliphatic hydroxyl groups excluding tert-OH is 1. The van der Waals surface area contributed by atoms with Gasteiger partial charge in [-0.25, -0.2) is 0 Å². The second kappa shape index (κ2) is 5.51. The maximum Gasteiger partial charge on any atom is 0.158 e. The smallest absolute Gasteiger partial charge is 0.158 e. The Hall–Kier alpha value is -1.12. The zero-order valence-corrected chi connectivity index (χ0v) is 7.52. The molecule has 2 nitrogen and oxygen atoms in total. The third kappa shape index (κ3) is 3.87. The summed E-state index contributed by atoms with van der Waals surface area (Å²) in [5.41, 5.74) is 1.06. The first-order valence-corrected chi connectivity index (χ1v) is 4.27. The molecule has 1 rings (SSSR count). The van der Waals surface area contributed by atoms with Crippen LogP contribution in [0.2, 0.25) is 0 Å². The van der Waals surface area contributed by atoms with E-state index in [1.54, 1.807) is 6.08 Å². The number of aliphatic hydroxyl groups is 1. The first kappa shape index (κ1) is 9.96. The predicted octanol–water partition coefficient (Wildman–Crippen LogP) is 2.10. The number of rotatable bonds is 5. The fourth-order valence-corrected chi connectivity index (χ4v) is 0.977. The molecule has 0 fully saturated rings. The van der Waals surface area contributed by atoms with Crippen LogP contribution in [0.3, 0.4) is 0 Å². The lowest BCUT2D eigenvalue weighted by atomic mass is 10.2. The van der Waals surface area contributed by atoms with Crippen molar-refractivity contribution in [3.63, 3.8) is 0 Å². The molecule has 2 heteroatoms. The largest absolute Gasteiger partial charge is 0.368 e. The third-order valence-corrected chi connectivity index (χ3v) is 1.65. The van der Waals surface area contributed by atoms with Crippen molar-refractivity contribution in [2.45, 2.75) is 19.3 Å². The van der Waals surface area contributed by atoms with Crippen molar-refractivity contribution in [3.05, 3.63) is 48.6 Å². The lowest BCUT2D eigenvalue weighted by Crippen LogP contribution is -2.10. The molecule has 1 aromatic carbocycles. The molecule has 0 spiro atoms. The first-order valence-electron chi connectivity index (χ1n) is 4.27. The highest BCUT2D eigenvalue weighted by molar-refractivity contribution is 5.13. The fraction of sp³-hybridized carbons (Fsp3) is 0.273. The Morgan fingerprint density at radius 2 is 2.08 bits per heavy atom. The first-order chi connectivity index (χ1) is 6.33. The monoisotopic (exact) mass is 178 g/mol. The van der Waals surface area contributed by atoms with E-state index in [4.69, 9.17) is 4.74 Å². The zero-order chi connectivity index (χ0) is 9.52. The van der Waals surface area contributed by atoms with Crippen LogP contribution in [0.5, 0.6) is 0 Å². The van der Waals surface area contributed by atoms with Crippen LogP contribution in [0, 0.1) is 0 Å². The van der Waals surface area contributed by atoms with Gasteiger partial charge in [-0.3, -0.25) is 0 Å². The molecule has 0 aromatic heterocycles. The van der Waals surface area contributed by atoms with E-state index in [0.717, 1.165) is 5.56 Å². The van der Waals surface area contributed by atoms with Gasteiger partial charge in [-0.05, 0) is 5.56 Å². The fourth-order valence-electron chi connectivity index (χ4n) is 0.977. The normalized spacial score (nSPS) is 12.4. The van der Waals surface area contributed by atoms with Gasteiger partial charge >= 0.3 is 0 Å². The summed E-state index contributed by atoms with van der Waals surface area (Å²) >= 11 is 0. The average Bonchev–Trinajstić information content (AvgIpc) is 2.17. The van der Waals surface area contributed by atoms with Gasteiger partial charge in [0.1, 0.15) is 0 Å². The third-order valence-electron chi connectivity index (χ3n) is 1.65. The molecule has 0 bridgehead atoms. The minimum Gasteiger partial charge on any atom is -0.368 e. The van der Waals surface area contributed by atoms with Crippen LogP contribution in [-0.4, -0.2) is 11.4 Å². The molecule has 0 aliphatic rings. The van der Waals surface area contributed by atoms with Gasteiger partial charge in [-0.2, -0.15) is 0 Å². The van der Waals surface area contributed by atoms with Gasteiger partial charge in [0.15, 0.2) is 6.29 Å². The minimum atomic E-state index is -0.738. The lowest BCUT2D eigenvalue weighted by molar-refractivity contribution is -0.104. The summed E-state index contributed by atoms with van der Waals surface area (Å²) in [6.45, 7) is 3.96. The molecule has 0 saturated heterocycles. The van der Waals surface area contributed by atoms with Gasteiger partial charge in [-0.1, -0.05) is 36.4 Å². The molecule has 0 amide bonds. The highest BCUT2D eigenvalue weighted by Crippen LogP contribution is 2.03. The SMILES string of the molecule is C=CCC(O)OCc1ccccc1. The Bertz CT molecular complexity index is 244. The quantitative estimate of drug-likeness (QED) is 0.552. The molecule has 0 saturated carbocycles. The minimum absolute atomic E-state index is 0.440. The van der Waals surface area contributed by atoms with Crippen LogP contribution in [0.4, 0.5) is 0 Å². The Kier molecular flexibility index (Phi) is 4.23. The molecule has 0 heterocycles. The predicted molar refractivity (Wildman–Crippen MR) is 52.1 cm³/mol. The highest BCUT2D eigenvalue weighted by atomic mass is 16.6. The summed E-state index contributed by atoms with van der Waals surface area (Å²) < 4.78 is 5.15. The molecular formula is C11H14O2. The van der Waals surface area contributed by atoms with E-state index in [1.807, 2.05) is 30.3 Å². The van der Waals surface area contributed by atoms with E-state index in [2.05, 4.69) is 6.58 Å². The highest BCUT2D eigenvalue weighted by Gasteiger charge is 2.00. The maximum atomic E-state index is 9.22. The van der Waals surface area contributed by atoms with Crippen molar-refractivity contribution in [1.29, 1.82) is 0 Å². The van der Waals surface area contributed by atoms with Crippen molar-refractivity contribution < 1.29 is 9.84 Å². The number of hydrogen-bond donors (Lipinski definition) is 1. The van der Waals surface area contributed by atoms with Crippen molar-refractivity contribution in [3.8, 4) is 0 Å². The topological polar surface area (TPSA) is 29.5 Å². The summed E-state index contributed by atoms with van der Waals surface area (Å²) in [7, 11) is 0. The van der Waals surface area contributed by atoms with Crippen LogP contribution in [0.15, 0.2) is 43.0 Å². The molecule has 1 atom stereocenters. The zero-order valence-electron chi connectivity index (χ0n) is 7.52. The van der Waals surface area contributed by atoms with Gasteiger partial charge in [0.25, 0.3) is 0 Å². The Balaban J connectivity index is 2.30. The molecule has 1 N–H and O–H groups in total. The van der Waals surface area contributed by atoms with Crippen LogP contribution < -0.4 is 0 Å². The van der Waals surface area contributed by atoms with E-state index in [-0.39, 0.29) is 0 Å². The second-order valence-corrected chi connectivity index (χ2v) is 2.78. The standard InChI is InChI=1S/C11H14O2/c1-2-6-11(12)13-9-10-7-4-3-5-8-10/h2-5,7-8,11-12H,1,6,9H2. The van der Waals surface area contributed by atoms with Crippen LogP contribution in [-0.2, 0) is 11.3 Å². The summed E-state index contributed by atoms with van der Waals surface area (Å²) in [6, 6.07) is 9.75. The van der Waals surface area contributed by atoms with E-state index < -0.39 is 6.29 Å². The van der Waals surface area contributed by atoms with Crippen LogP contribution in [0.25, 0.3) is 0 Å². The van der Waals surface area contributed by atoms with Gasteiger partial charge in [0.05, 0.1) is 6.61 Å². The average molecular weight is 178 g/mol. The number of hydrogen-bond acceptors (Lipinski definition) is 2. The molecule has 0 aliphatic heterocycles. The van der Waals surface area contributed by atoms with Crippen LogP contribution >= 0.6 is 0 Å². The van der Waals surface area contributed by atoms with Crippen LogP contribution in [0.1, 0.15) is 12.0 Å². The Morgan fingerprint density at radius 1 is 1.38 bits per heavy atom. The van der Waals surface area contributed by atoms with Gasteiger partial charge in [0, 0.05) is 6.42 Å².